The van der Waals surface area contributed by atoms with Crippen molar-refractivity contribution in [1.82, 2.24) is 9.80 Å². The summed E-state index contributed by atoms with van der Waals surface area (Å²) < 4.78 is 0. The first-order valence-corrected chi connectivity index (χ1v) is 7.80. The summed E-state index contributed by atoms with van der Waals surface area (Å²) in [7, 11) is 0. The Kier molecular flexibility index (Phi) is 5.36. The van der Waals surface area contributed by atoms with Crippen LogP contribution >= 0.6 is 11.3 Å². The number of hydrogen-bond donors (Lipinski definition) is 1. The molecule has 0 saturated carbocycles. The molecule has 106 valence electrons. The number of thiophene rings is 1. The van der Waals surface area contributed by atoms with Crippen LogP contribution in [-0.4, -0.2) is 53.5 Å². The van der Waals surface area contributed by atoms with Gasteiger partial charge in [0.1, 0.15) is 6.10 Å². The van der Waals surface area contributed by atoms with Gasteiger partial charge in [0.05, 0.1) is 0 Å². The van der Waals surface area contributed by atoms with E-state index in [2.05, 4.69) is 4.90 Å². The molecule has 0 spiro atoms. The van der Waals surface area contributed by atoms with Crippen molar-refractivity contribution in [1.29, 1.82) is 0 Å². The highest BCUT2D eigenvalue weighted by atomic mass is 32.1. The fraction of sp³-hybridized carbons (Fsp3) is 0.643. The molecule has 2 heterocycles. The number of aliphatic hydroxyl groups excluding tert-OH is 1. The van der Waals surface area contributed by atoms with Gasteiger partial charge in [0.25, 0.3) is 0 Å². The van der Waals surface area contributed by atoms with Crippen molar-refractivity contribution >= 4 is 17.2 Å². The van der Waals surface area contributed by atoms with E-state index >= 15 is 0 Å². The first-order valence-electron chi connectivity index (χ1n) is 6.92. The monoisotopic (exact) mass is 282 g/mol. The number of β-amino-alcohol motifs (C(OH)–C–C–N with tert-alkyl or cyclic N) is 1. The van der Waals surface area contributed by atoms with E-state index < -0.39 is 6.10 Å². The molecule has 4 nitrogen and oxygen atoms in total. The largest absolute Gasteiger partial charge is 0.386 e. The normalized spacial score (nSPS) is 18.5. The van der Waals surface area contributed by atoms with E-state index in [9.17, 15) is 9.90 Å². The van der Waals surface area contributed by atoms with Crippen molar-refractivity contribution in [2.75, 3.05) is 32.7 Å². The van der Waals surface area contributed by atoms with Gasteiger partial charge in [-0.05, 0) is 17.9 Å². The Morgan fingerprint density at radius 2 is 2.16 bits per heavy atom. The lowest BCUT2D eigenvalue weighted by atomic mass is 10.2. The summed E-state index contributed by atoms with van der Waals surface area (Å²) in [6, 6.07) is 3.93. The van der Waals surface area contributed by atoms with Gasteiger partial charge in [-0.1, -0.05) is 13.0 Å². The van der Waals surface area contributed by atoms with Crippen LogP contribution in [0.15, 0.2) is 17.5 Å². The highest BCUT2D eigenvalue weighted by molar-refractivity contribution is 7.10. The van der Waals surface area contributed by atoms with Crippen molar-refractivity contribution in [2.24, 2.45) is 0 Å². The Morgan fingerprint density at radius 3 is 2.74 bits per heavy atom. The summed E-state index contributed by atoms with van der Waals surface area (Å²) in [6.45, 7) is 5.99. The van der Waals surface area contributed by atoms with Crippen LogP contribution in [-0.2, 0) is 4.79 Å². The van der Waals surface area contributed by atoms with Crippen molar-refractivity contribution in [2.45, 2.75) is 25.9 Å². The molecule has 1 fully saturated rings. The Morgan fingerprint density at radius 1 is 1.42 bits per heavy atom. The Bertz CT molecular complexity index is 386. The van der Waals surface area contributed by atoms with Crippen LogP contribution in [0.5, 0.6) is 0 Å². The molecular formula is C14H22N2O2S. The van der Waals surface area contributed by atoms with Crippen molar-refractivity contribution < 1.29 is 9.90 Å². The molecule has 1 saturated heterocycles. The third-order valence-electron chi connectivity index (χ3n) is 3.49. The number of hydrogen-bond acceptors (Lipinski definition) is 4. The molecule has 2 rings (SSSR count). The second kappa shape index (κ2) is 7.03. The van der Waals surface area contributed by atoms with E-state index in [0.717, 1.165) is 37.5 Å². The molecule has 1 aliphatic rings. The molecule has 0 unspecified atom stereocenters. The maximum atomic E-state index is 11.8. The molecule has 1 aliphatic heterocycles. The van der Waals surface area contributed by atoms with E-state index in [4.69, 9.17) is 0 Å². The van der Waals surface area contributed by atoms with Crippen LogP contribution in [0, 0.1) is 0 Å². The molecule has 5 heteroatoms. The SMILES string of the molecule is CCCC(=O)N1CCN(C[C@H](O)c2cccs2)CC1. The van der Waals surface area contributed by atoms with Crippen LogP contribution in [0.25, 0.3) is 0 Å². The molecular weight excluding hydrogens is 260 g/mol. The number of piperazine rings is 1. The van der Waals surface area contributed by atoms with Crippen LogP contribution in [0.2, 0.25) is 0 Å². The molecule has 1 atom stereocenters. The minimum atomic E-state index is -0.405. The van der Waals surface area contributed by atoms with Gasteiger partial charge in [-0.25, -0.2) is 0 Å². The summed E-state index contributed by atoms with van der Waals surface area (Å²) in [6.07, 6.45) is 1.16. The van der Waals surface area contributed by atoms with Gasteiger partial charge in [0, 0.05) is 44.0 Å². The van der Waals surface area contributed by atoms with Gasteiger partial charge in [-0.15, -0.1) is 11.3 Å². The number of rotatable bonds is 5. The number of carbonyl (C=O) groups excluding carboxylic acids is 1. The Hall–Kier alpha value is -0.910. The summed E-state index contributed by atoms with van der Waals surface area (Å²) in [5, 5.41) is 12.1. The second-order valence-corrected chi connectivity index (χ2v) is 5.94. The van der Waals surface area contributed by atoms with Crippen molar-refractivity contribution in [3.05, 3.63) is 22.4 Å². The minimum Gasteiger partial charge on any atom is -0.386 e. The zero-order valence-corrected chi connectivity index (χ0v) is 12.2. The predicted molar refractivity (Wildman–Crippen MR) is 77.2 cm³/mol. The third kappa shape index (κ3) is 4.03. The molecule has 0 aliphatic carbocycles. The minimum absolute atomic E-state index is 0.265. The van der Waals surface area contributed by atoms with Crippen molar-refractivity contribution in [3.8, 4) is 0 Å². The fourth-order valence-electron chi connectivity index (χ4n) is 2.37. The average molecular weight is 282 g/mol. The number of nitrogens with zero attached hydrogens (tertiary/aromatic N) is 2. The van der Waals surface area contributed by atoms with Gasteiger partial charge in [-0.3, -0.25) is 9.69 Å². The number of carbonyl (C=O) groups is 1. The molecule has 0 radical (unpaired) electrons. The molecule has 1 amide bonds. The number of amides is 1. The molecule has 19 heavy (non-hydrogen) atoms. The zero-order valence-electron chi connectivity index (χ0n) is 11.4. The quantitative estimate of drug-likeness (QED) is 0.894. The van der Waals surface area contributed by atoms with E-state index in [1.807, 2.05) is 29.3 Å². The summed E-state index contributed by atoms with van der Waals surface area (Å²) in [5.41, 5.74) is 0. The van der Waals surface area contributed by atoms with Gasteiger partial charge >= 0.3 is 0 Å². The molecule has 0 aromatic carbocycles. The molecule has 0 bridgehead atoms. The second-order valence-electron chi connectivity index (χ2n) is 4.96. The van der Waals surface area contributed by atoms with Gasteiger partial charge < -0.3 is 10.0 Å². The fourth-order valence-corrected chi connectivity index (χ4v) is 3.07. The molecule has 1 aromatic heterocycles. The van der Waals surface area contributed by atoms with Crippen LogP contribution in [0.3, 0.4) is 0 Å². The molecule has 1 N–H and O–H groups in total. The maximum absolute atomic E-state index is 11.8. The van der Waals surface area contributed by atoms with Crippen molar-refractivity contribution in [3.63, 3.8) is 0 Å². The van der Waals surface area contributed by atoms with Crippen LogP contribution in [0.4, 0.5) is 0 Å². The van der Waals surface area contributed by atoms with Crippen LogP contribution < -0.4 is 0 Å². The maximum Gasteiger partial charge on any atom is 0.222 e. The first kappa shape index (κ1) is 14.5. The van der Waals surface area contributed by atoms with E-state index in [1.54, 1.807) is 11.3 Å². The summed E-state index contributed by atoms with van der Waals surface area (Å²) >= 11 is 1.59. The predicted octanol–water partition coefficient (Wildman–Crippen LogP) is 1.73. The van der Waals surface area contributed by atoms with E-state index in [-0.39, 0.29) is 5.91 Å². The van der Waals surface area contributed by atoms with Gasteiger partial charge in [-0.2, -0.15) is 0 Å². The smallest absolute Gasteiger partial charge is 0.222 e. The average Bonchev–Trinajstić information content (AvgIpc) is 2.94. The standard InChI is InChI=1S/C14H22N2O2S/c1-2-4-14(18)16-8-6-15(7-9-16)11-12(17)13-5-3-10-19-13/h3,5,10,12,17H,2,4,6-9,11H2,1H3/t12-/m0/s1. The lowest BCUT2D eigenvalue weighted by molar-refractivity contribution is -0.133. The van der Waals surface area contributed by atoms with Gasteiger partial charge in [0.15, 0.2) is 0 Å². The third-order valence-corrected chi connectivity index (χ3v) is 4.47. The van der Waals surface area contributed by atoms with Gasteiger partial charge in [0.2, 0.25) is 5.91 Å². The molecule has 1 aromatic rings. The zero-order chi connectivity index (χ0) is 13.7. The topological polar surface area (TPSA) is 43.8 Å². The van der Waals surface area contributed by atoms with Crippen LogP contribution in [0.1, 0.15) is 30.7 Å². The van der Waals surface area contributed by atoms with E-state index in [1.165, 1.54) is 0 Å². The highest BCUT2D eigenvalue weighted by Crippen LogP contribution is 2.20. The van der Waals surface area contributed by atoms with E-state index in [0.29, 0.717) is 13.0 Å². The first-order chi connectivity index (χ1) is 9.20. The lowest BCUT2D eigenvalue weighted by Gasteiger charge is -2.35. The summed E-state index contributed by atoms with van der Waals surface area (Å²) in [5.74, 6) is 0.265. The highest BCUT2D eigenvalue weighted by Gasteiger charge is 2.22. The summed E-state index contributed by atoms with van der Waals surface area (Å²) in [4.78, 5) is 17.0. The Labute approximate surface area is 118 Å². The number of aliphatic hydroxyl groups is 1. The Balaban J connectivity index is 1.76. The lowest BCUT2D eigenvalue weighted by Crippen LogP contribution is -2.49.